The molecule has 3 aromatic heterocycles. The lowest BCUT2D eigenvalue weighted by Crippen LogP contribution is -2.48. The summed E-state index contributed by atoms with van der Waals surface area (Å²) in [5.74, 6) is 3.33. The fourth-order valence-corrected chi connectivity index (χ4v) is 6.27. The third kappa shape index (κ3) is 4.43. The van der Waals surface area contributed by atoms with Crippen LogP contribution in [0.25, 0.3) is 16.3 Å². The van der Waals surface area contributed by atoms with Gasteiger partial charge in [-0.2, -0.15) is 0 Å². The van der Waals surface area contributed by atoms with Gasteiger partial charge in [-0.05, 0) is 61.3 Å². The van der Waals surface area contributed by atoms with Gasteiger partial charge < -0.3 is 14.2 Å². The van der Waals surface area contributed by atoms with Crippen LogP contribution in [0, 0.1) is 18.3 Å². The second kappa shape index (κ2) is 8.60. The van der Waals surface area contributed by atoms with Crippen LogP contribution in [0.3, 0.4) is 0 Å². The predicted molar refractivity (Wildman–Crippen MR) is 134 cm³/mol. The smallest absolute Gasteiger partial charge is 0.246 e. The molecule has 1 fully saturated rings. The average Bonchev–Trinajstić information content (AvgIpc) is 3.39. The third-order valence-electron chi connectivity index (χ3n) is 7.09. The van der Waals surface area contributed by atoms with Gasteiger partial charge in [0.05, 0.1) is 5.39 Å². The van der Waals surface area contributed by atoms with Gasteiger partial charge in [0.15, 0.2) is 0 Å². The molecule has 0 bridgehead atoms. The summed E-state index contributed by atoms with van der Waals surface area (Å²) in [5.41, 5.74) is 1.79. The molecule has 3 aromatic rings. The SMILES string of the molecule is Cc1ccc(C=CC(=O)N2CCN(c3ncnc4sc5c(c34)CCC(C(C)(C)C)C5)CC2)o1. The van der Waals surface area contributed by atoms with E-state index in [1.54, 1.807) is 18.5 Å². The topological polar surface area (TPSA) is 62.5 Å². The molecule has 1 aliphatic heterocycles. The summed E-state index contributed by atoms with van der Waals surface area (Å²) in [6.45, 7) is 11.9. The molecule has 1 aliphatic carbocycles. The number of fused-ring (bicyclic) bond motifs is 3. The van der Waals surface area contributed by atoms with E-state index in [-0.39, 0.29) is 5.91 Å². The van der Waals surface area contributed by atoms with Crippen molar-refractivity contribution in [3.05, 3.63) is 46.5 Å². The predicted octanol–water partition coefficient (Wildman–Crippen LogP) is 5.11. The lowest BCUT2D eigenvalue weighted by Gasteiger charge is -2.36. The van der Waals surface area contributed by atoms with E-state index in [1.165, 1.54) is 22.2 Å². The molecule has 1 atom stereocenters. The number of carbonyl (C=O) groups is 1. The first-order valence-electron chi connectivity index (χ1n) is 11.8. The molecule has 33 heavy (non-hydrogen) atoms. The van der Waals surface area contributed by atoms with E-state index < -0.39 is 0 Å². The second-order valence-corrected chi connectivity index (χ2v) is 11.4. The highest BCUT2D eigenvalue weighted by atomic mass is 32.1. The molecular formula is C26H32N4O2S. The molecule has 0 saturated carbocycles. The standard InChI is InChI=1S/C26H32N4O2S/c1-17-5-7-19(32-17)8-10-22(31)29-11-13-30(14-12-29)24-23-20-9-6-18(26(2,3)4)15-21(20)33-25(23)28-16-27-24/h5,7-8,10,16,18H,6,9,11-15H2,1-4H3. The van der Waals surface area contributed by atoms with Crippen LogP contribution < -0.4 is 4.90 Å². The van der Waals surface area contributed by atoms with Crippen molar-refractivity contribution in [3.63, 3.8) is 0 Å². The Balaban J connectivity index is 1.30. The van der Waals surface area contributed by atoms with Gasteiger partial charge >= 0.3 is 0 Å². The van der Waals surface area contributed by atoms with Crippen LogP contribution in [-0.4, -0.2) is 47.0 Å². The van der Waals surface area contributed by atoms with Gasteiger partial charge in [-0.25, -0.2) is 9.97 Å². The van der Waals surface area contributed by atoms with Crippen LogP contribution >= 0.6 is 11.3 Å². The minimum atomic E-state index is 0.0256. The molecule has 5 rings (SSSR count). The molecule has 4 heterocycles. The Labute approximate surface area is 199 Å². The lowest BCUT2D eigenvalue weighted by molar-refractivity contribution is -0.126. The Bertz CT molecular complexity index is 1190. The summed E-state index contributed by atoms with van der Waals surface area (Å²) in [4.78, 5) is 28.8. The van der Waals surface area contributed by atoms with Crippen molar-refractivity contribution >= 4 is 39.4 Å². The molecule has 1 saturated heterocycles. The number of anilines is 1. The van der Waals surface area contributed by atoms with Gasteiger partial charge in [0.25, 0.3) is 0 Å². The van der Waals surface area contributed by atoms with E-state index in [2.05, 4.69) is 30.7 Å². The van der Waals surface area contributed by atoms with Crippen LogP contribution in [0.1, 0.15) is 49.2 Å². The van der Waals surface area contributed by atoms with Gasteiger partial charge in [-0.3, -0.25) is 4.79 Å². The van der Waals surface area contributed by atoms with Crippen molar-refractivity contribution in [1.29, 1.82) is 0 Å². The molecule has 7 heteroatoms. The highest BCUT2D eigenvalue weighted by Crippen LogP contribution is 2.44. The average molecular weight is 465 g/mol. The van der Waals surface area contributed by atoms with E-state index in [9.17, 15) is 4.79 Å². The van der Waals surface area contributed by atoms with Gasteiger partial charge in [0.1, 0.15) is 28.5 Å². The molecule has 2 aliphatic rings. The lowest BCUT2D eigenvalue weighted by atomic mass is 9.72. The number of piperazine rings is 1. The van der Waals surface area contributed by atoms with E-state index in [1.807, 2.05) is 35.3 Å². The van der Waals surface area contributed by atoms with Crippen LogP contribution in [0.2, 0.25) is 0 Å². The maximum atomic E-state index is 12.7. The third-order valence-corrected chi connectivity index (χ3v) is 8.25. The second-order valence-electron chi connectivity index (χ2n) is 10.3. The zero-order chi connectivity index (χ0) is 23.2. The van der Waals surface area contributed by atoms with Crippen molar-refractivity contribution < 1.29 is 9.21 Å². The Morgan fingerprint density at radius 2 is 1.97 bits per heavy atom. The normalized spacial score (nSPS) is 19.5. The van der Waals surface area contributed by atoms with Gasteiger partial charge in [-0.1, -0.05) is 20.8 Å². The molecule has 0 N–H and O–H groups in total. The Morgan fingerprint density at radius 3 is 2.67 bits per heavy atom. The number of carbonyl (C=O) groups excluding carboxylic acids is 1. The first kappa shape index (κ1) is 22.1. The van der Waals surface area contributed by atoms with Crippen LogP contribution in [0.4, 0.5) is 5.82 Å². The van der Waals surface area contributed by atoms with Crippen LogP contribution in [-0.2, 0) is 17.6 Å². The van der Waals surface area contributed by atoms with Crippen molar-refractivity contribution in [2.24, 2.45) is 11.3 Å². The molecule has 0 spiro atoms. The maximum absolute atomic E-state index is 12.7. The number of nitrogens with zero attached hydrogens (tertiary/aromatic N) is 4. The number of furan rings is 1. The summed E-state index contributed by atoms with van der Waals surface area (Å²) in [6.07, 6.45) is 8.53. The Morgan fingerprint density at radius 1 is 1.18 bits per heavy atom. The Hall–Kier alpha value is -2.67. The van der Waals surface area contributed by atoms with Crippen molar-refractivity contribution in [3.8, 4) is 0 Å². The number of hydrogen-bond donors (Lipinski definition) is 0. The van der Waals surface area contributed by atoms with Crippen molar-refractivity contribution in [2.75, 3.05) is 31.1 Å². The van der Waals surface area contributed by atoms with Gasteiger partial charge in [0.2, 0.25) is 5.91 Å². The van der Waals surface area contributed by atoms with Crippen molar-refractivity contribution in [1.82, 2.24) is 14.9 Å². The monoisotopic (exact) mass is 464 g/mol. The number of aryl methyl sites for hydroxylation is 2. The molecule has 1 unspecified atom stereocenters. The number of thiophene rings is 1. The highest BCUT2D eigenvalue weighted by molar-refractivity contribution is 7.19. The zero-order valence-electron chi connectivity index (χ0n) is 19.9. The molecule has 0 aromatic carbocycles. The highest BCUT2D eigenvalue weighted by Gasteiger charge is 2.32. The number of hydrogen-bond acceptors (Lipinski definition) is 6. The van der Waals surface area contributed by atoms with Crippen molar-refractivity contribution in [2.45, 2.75) is 47.0 Å². The zero-order valence-corrected chi connectivity index (χ0v) is 20.7. The van der Waals surface area contributed by atoms with E-state index in [0.29, 0.717) is 30.2 Å². The minimum Gasteiger partial charge on any atom is -0.462 e. The molecule has 1 amide bonds. The van der Waals surface area contributed by atoms with Crippen LogP contribution in [0.5, 0.6) is 0 Å². The van der Waals surface area contributed by atoms with E-state index in [0.717, 1.165) is 42.3 Å². The van der Waals surface area contributed by atoms with Gasteiger partial charge in [0, 0.05) is 37.1 Å². The fraction of sp³-hybridized carbons (Fsp3) is 0.500. The van der Waals surface area contributed by atoms with E-state index in [4.69, 9.17) is 9.40 Å². The largest absolute Gasteiger partial charge is 0.462 e. The molecule has 0 radical (unpaired) electrons. The molecular weight excluding hydrogens is 432 g/mol. The van der Waals surface area contributed by atoms with Gasteiger partial charge in [-0.15, -0.1) is 11.3 Å². The summed E-state index contributed by atoms with van der Waals surface area (Å²) in [7, 11) is 0. The van der Waals surface area contributed by atoms with E-state index >= 15 is 0 Å². The number of rotatable bonds is 3. The summed E-state index contributed by atoms with van der Waals surface area (Å²) in [6, 6.07) is 3.78. The number of aromatic nitrogens is 2. The maximum Gasteiger partial charge on any atom is 0.246 e. The quantitative estimate of drug-likeness (QED) is 0.504. The van der Waals surface area contributed by atoms with Crippen LogP contribution in [0.15, 0.2) is 29.0 Å². The molecule has 6 nitrogen and oxygen atoms in total. The fourth-order valence-electron chi connectivity index (χ4n) is 5.01. The minimum absolute atomic E-state index is 0.0256. The Kier molecular flexibility index (Phi) is 5.77. The first-order chi connectivity index (χ1) is 15.8. The molecule has 174 valence electrons. The summed E-state index contributed by atoms with van der Waals surface area (Å²) in [5, 5.41) is 1.25. The first-order valence-corrected chi connectivity index (χ1v) is 12.6. The number of amides is 1. The summed E-state index contributed by atoms with van der Waals surface area (Å²) >= 11 is 1.85. The summed E-state index contributed by atoms with van der Waals surface area (Å²) < 4.78 is 5.52.